The molecular formula is C25H25FN4O2. The van der Waals surface area contributed by atoms with Crippen LogP contribution in [-0.4, -0.2) is 35.5 Å². The van der Waals surface area contributed by atoms with Gasteiger partial charge in [0.25, 0.3) is 5.91 Å². The lowest BCUT2D eigenvalue weighted by Crippen LogP contribution is -2.30. The summed E-state index contributed by atoms with van der Waals surface area (Å²) in [6.45, 7) is 4.07. The molecular weight excluding hydrogens is 407 g/mol. The van der Waals surface area contributed by atoms with Gasteiger partial charge in [0, 0.05) is 36.9 Å². The number of nitrogens with zero attached hydrogens (tertiary/aromatic N) is 3. The van der Waals surface area contributed by atoms with E-state index in [1.54, 1.807) is 18.2 Å². The Balaban J connectivity index is 1.60. The van der Waals surface area contributed by atoms with E-state index in [4.69, 9.17) is 0 Å². The highest BCUT2D eigenvalue weighted by atomic mass is 19.1. The second-order valence-corrected chi connectivity index (χ2v) is 8.08. The van der Waals surface area contributed by atoms with E-state index in [9.17, 15) is 14.0 Å². The highest BCUT2D eigenvalue weighted by Crippen LogP contribution is 2.25. The average Bonchev–Trinajstić information content (AvgIpc) is 3.19. The smallest absolute Gasteiger partial charge is 0.329 e. The first-order valence-corrected chi connectivity index (χ1v) is 10.3. The fourth-order valence-electron chi connectivity index (χ4n) is 3.87. The van der Waals surface area contributed by atoms with Crippen LogP contribution in [0.2, 0.25) is 0 Å². The molecule has 6 nitrogen and oxygen atoms in total. The third-order valence-corrected chi connectivity index (χ3v) is 5.61. The minimum absolute atomic E-state index is 0.0829. The molecule has 3 aromatic rings. The van der Waals surface area contributed by atoms with Gasteiger partial charge in [-0.05, 0) is 73.5 Å². The number of imide groups is 1. The molecule has 0 bridgehead atoms. The summed E-state index contributed by atoms with van der Waals surface area (Å²) in [5.41, 5.74) is 5.87. The fraction of sp³-hybridized carbons (Fsp3) is 0.200. The molecule has 4 rings (SSSR count). The van der Waals surface area contributed by atoms with E-state index >= 15 is 0 Å². The Morgan fingerprint density at radius 1 is 1.00 bits per heavy atom. The van der Waals surface area contributed by atoms with Gasteiger partial charge in [0.2, 0.25) is 0 Å². The number of aryl methyl sites for hydroxylation is 1. The molecule has 0 unspecified atom stereocenters. The first kappa shape index (κ1) is 21.4. The van der Waals surface area contributed by atoms with Gasteiger partial charge in [-0.1, -0.05) is 12.1 Å². The lowest BCUT2D eigenvalue weighted by molar-refractivity contribution is -0.123. The van der Waals surface area contributed by atoms with Gasteiger partial charge in [0.05, 0.1) is 6.54 Å². The van der Waals surface area contributed by atoms with Crippen LogP contribution in [0.4, 0.5) is 14.9 Å². The predicted octanol–water partition coefficient (Wildman–Crippen LogP) is 4.39. The van der Waals surface area contributed by atoms with Gasteiger partial charge in [-0.2, -0.15) is 0 Å². The van der Waals surface area contributed by atoms with E-state index in [1.165, 1.54) is 12.1 Å². The van der Waals surface area contributed by atoms with Crippen molar-refractivity contribution in [1.29, 1.82) is 0 Å². The Labute approximate surface area is 186 Å². The highest BCUT2D eigenvalue weighted by Gasteiger charge is 2.33. The number of carbonyl (C=O) groups is 2. The van der Waals surface area contributed by atoms with Crippen LogP contribution in [0.25, 0.3) is 11.8 Å². The molecule has 1 aromatic heterocycles. The minimum Gasteiger partial charge on any atom is -0.378 e. The Bertz CT molecular complexity index is 1210. The maximum atomic E-state index is 13.1. The normalized spacial score (nSPS) is 14.9. The number of amides is 3. The Kier molecular flexibility index (Phi) is 5.57. The maximum Gasteiger partial charge on any atom is 0.329 e. The molecule has 0 spiro atoms. The van der Waals surface area contributed by atoms with Gasteiger partial charge < -0.3 is 14.8 Å². The summed E-state index contributed by atoms with van der Waals surface area (Å²) >= 11 is 0. The molecule has 1 N–H and O–H groups in total. The molecule has 3 amide bonds. The van der Waals surface area contributed by atoms with Gasteiger partial charge in [-0.25, -0.2) is 9.18 Å². The van der Waals surface area contributed by atoms with Crippen molar-refractivity contribution < 1.29 is 14.0 Å². The zero-order valence-electron chi connectivity index (χ0n) is 18.5. The molecule has 0 saturated carbocycles. The largest absolute Gasteiger partial charge is 0.378 e. The van der Waals surface area contributed by atoms with Crippen LogP contribution in [0.1, 0.15) is 22.5 Å². The topological polar surface area (TPSA) is 57.6 Å². The van der Waals surface area contributed by atoms with Gasteiger partial charge in [-0.3, -0.25) is 9.69 Å². The number of aromatic nitrogens is 1. The first-order valence-electron chi connectivity index (χ1n) is 10.3. The van der Waals surface area contributed by atoms with E-state index in [2.05, 4.69) is 34.1 Å². The Morgan fingerprint density at radius 3 is 2.28 bits per heavy atom. The second-order valence-electron chi connectivity index (χ2n) is 8.08. The Hall–Kier alpha value is -3.87. The maximum absolute atomic E-state index is 13.1. The van der Waals surface area contributed by atoms with Crippen LogP contribution >= 0.6 is 0 Å². The van der Waals surface area contributed by atoms with E-state index in [1.807, 2.05) is 38.9 Å². The monoisotopic (exact) mass is 432 g/mol. The zero-order valence-corrected chi connectivity index (χ0v) is 18.5. The third kappa shape index (κ3) is 4.01. The number of halogens is 1. The van der Waals surface area contributed by atoms with Crippen LogP contribution in [0.5, 0.6) is 0 Å². The van der Waals surface area contributed by atoms with Crippen molar-refractivity contribution >= 4 is 23.7 Å². The molecule has 0 radical (unpaired) electrons. The summed E-state index contributed by atoms with van der Waals surface area (Å²) in [6.07, 6.45) is 1.71. The molecule has 2 heterocycles. The number of rotatable bonds is 5. The summed E-state index contributed by atoms with van der Waals surface area (Å²) in [7, 11) is 4.00. The molecule has 1 saturated heterocycles. The number of nitrogens with one attached hydrogen (secondary N) is 1. The lowest BCUT2D eigenvalue weighted by atomic mass is 10.2. The minimum atomic E-state index is -0.487. The van der Waals surface area contributed by atoms with E-state index < -0.39 is 11.9 Å². The summed E-state index contributed by atoms with van der Waals surface area (Å²) in [6, 6.07) is 15.5. The zero-order chi connectivity index (χ0) is 23.0. The average molecular weight is 432 g/mol. The van der Waals surface area contributed by atoms with Gasteiger partial charge in [0.15, 0.2) is 0 Å². The molecule has 1 aliphatic heterocycles. The number of carbonyl (C=O) groups excluding carboxylic acids is 2. The number of hydrogen-bond acceptors (Lipinski definition) is 3. The third-order valence-electron chi connectivity index (χ3n) is 5.61. The van der Waals surface area contributed by atoms with E-state index in [0.717, 1.165) is 33.2 Å². The summed E-state index contributed by atoms with van der Waals surface area (Å²) in [5, 5.41) is 2.66. The predicted molar refractivity (Wildman–Crippen MR) is 123 cm³/mol. The summed E-state index contributed by atoms with van der Waals surface area (Å²) in [5.74, 6) is -0.766. The molecule has 2 aromatic carbocycles. The molecule has 1 fully saturated rings. The summed E-state index contributed by atoms with van der Waals surface area (Å²) < 4.78 is 15.2. The molecule has 7 heteroatoms. The van der Waals surface area contributed by atoms with Gasteiger partial charge in [0.1, 0.15) is 11.5 Å². The molecule has 32 heavy (non-hydrogen) atoms. The quantitative estimate of drug-likeness (QED) is 0.481. The lowest BCUT2D eigenvalue weighted by Gasteiger charge is -2.15. The van der Waals surface area contributed by atoms with Gasteiger partial charge in [-0.15, -0.1) is 0 Å². The van der Waals surface area contributed by atoms with Crippen LogP contribution in [0, 0.1) is 19.7 Å². The Morgan fingerprint density at radius 2 is 1.66 bits per heavy atom. The van der Waals surface area contributed by atoms with E-state index in [-0.39, 0.29) is 18.1 Å². The first-order chi connectivity index (χ1) is 15.2. The van der Waals surface area contributed by atoms with Crippen molar-refractivity contribution in [2.45, 2.75) is 20.4 Å². The van der Waals surface area contributed by atoms with Crippen molar-refractivity contribution in [2.75, 3.05) is 19.0 Å². The SMILES string of the molecule is Cc1cc(/C=C2/NC(=O)N(Cc3ccc(F)cc3)C2=O)c(C)n1-c1ccc(N(C)C)cc1. The van der Waals surface area contributed by atoms with Crippen molar-refractivity contribution in [1.82, 2.24) is 14.8 Å². The van der Waals surface area contributed by atoms with Crippen LogP contribution in [-0.2, 0) is 11.3 Å². The van der Waals surface area contributed by atoms with Crippen LogP contribution < -0.4 is 10.2 Å². The molecule has 1 aliphatic rings. The van der Waals surface area contributed by atoms with Gasteiger partial charge >= 0.3 is 6.03 Å². The fourth-order valence-corrected chi connectivity index (χ4v) is 3.87. The molecule has 164 valence electrons. The van der Waals surface area contributed by atoms with Crippen molar-refractivity contribution in [3.05, 3.63) is 88.6 Å². The summed E-state index contributed by atoms with van der Waals surface area (Å²) in [4.78, 5) is 28.4. The van der Waals surface area contributed by atoms with E-state index in [0.29, 0.717) is 5.56 Å². The van der Waals surface area contributed by atoms with Crippen LogP contribution in [0.15, 0.2) is 60.3 Å². The molecule has 0 aliphatic carbocycles. The van der Waals surface area contributed by atoms with Crippen molar-refractivity contribution in [3.63, 3.8) is 0 Å². The van der Waals surface area contributed by atoms with Crippen LogP contribution in [0.3, 0.4) is 0 Å². The standard InChI is InChI=1S/C25H25FN4O2/c1-16-13-19(17(2)30(16)22-11-9-21(10-12-22)28(3)4)14-23-24(31)29(25(32)27-23)15-18-5-7-20(26)8-6-18/h5-14H,15H2,1-4H3,(H,27,32)/b23-14+. The van der Waals surface area contributed by atoms with Crippen molar-refractivity contribution in [2.24, 2.45) is 0 Å². The number of benzene rings is 2. The number of urea groups is 1. The van der Waals surface area contributed by atoms with Crippen molar-refractivity contribution in [3.8, 4) is 5.69 Å². The number of hydrogen-bond donors (Lipinski definition) is 1. The second kappa shape index (κ2) is 8.34. The number of anilines is 1. The highest BCUT2D eigenvalue weighted by molar-refractivity contribution is 6.14. The molecule has 0 atom stereocenters.